The van der Waals surface area contributed by atoms with E-state index in [2.05, 4.69) is 34.4 Å². The van der Waals surface area contributed by atoms with Crippen LogP contribution in [0.5, 0.6) is 0 Å². The standard InChI is InChI=1S/C38H45BrClN3O7/c1-5-8-14-30(45)49-22-28(24-12-10-9-11-13-24)41-35(46)31-32-36(47)43(29(21-44)23(4)7-3)34(38(32)20-27(39)33(31)50-38)37(48)42(19-6-2)26-17-15-25(40)16-18-26/h5-6,9-13,15-18,23,27-29,31-34,44H,1-2,7-8,14,19-22H2,3-4H3,(H,41,46)/t23-,27?,28+,29-,31+,32-,33+,34+,38-/m0/s1. The summed E-state index contributed by atoms with van der Waals surface area (Å²) in [5.41, 5.74) is -0.0819. The zero-order valence-electron chi connectivity index (χ0n) is 28.4. The summed E-state index contributed by atoms with van der Waals surface area (Å²) >= 11 is 9.91. The summed E-state index contributed by atoms with van der Waals surface area (Å²) in [4.78, 5) is 59.3. The highest BCUT2D eigenvalue weighted by Gasteiger charge is 2.77. The first-order valence-corrected chi connectivity index (χ1v) is 18.4. The number of carbonyl (C=O) groups excluding carboxylic acids is 4. The molecule has 2 bridgehead atoms. The van der Waals surface area contributed by atoms with E-state index < -0.39 is 65.4 Å². The number of amides is 3. The number of fused-ring (bicyclic) bond motifs is 1. The largest absolute Gasteiger partial charge is 0.463 e. The molecule has 268 valence electrons. The number of likely N-dealkylation sites (tertiary alicyclic amines) is 1. The fraction of sp³-hybridized carbons (Fsp3) is 0.474. The lowest BCUT2D eigenvalue weighted by Crippen LogP contribution is -2.60. The van der Waals surface area contributed by atoms with Gasteiger partial charge in [0.1, 0.15) is 18.2 Å². The van der Waals surface area contributed by atoms with Crippen molar-refractivity contribution >= 4 is 56.9 Å². The van der Waals surface area contributed by atoms with E-state index in [1.807, 2.05) is 44.2 Å². The summed E-state index contributed by atoms with van der Waals surface area (Å²) in [5, 5.41) is 14.3. The molecule has 0 radical (unpaired) electrons. The van der Waals surface area contributed by atoms with Crippen LogP contribution in [0.4, 0.5) is 5.69 Å². The second-order valence-electron chi connectivity index (χ2n) is 13.2. The third-order valence-electron chi connectivity index (χ3n) is 10.3. The van der Waals surface area contributed by atoms with Crippen molar-refractivity contribution < 1.29 is 33.8 Å². The van der Waals surface area contributed by atoms with Gasteiger partial charge in [0.2, 0.25) is 11.8 Å². The number of aliphatic hydroxyl groups excluding tert-OH is 1. The van der Waals surface area contributed by atoms with Crippen LogP contribution in [-0.2, 0) is 28.7 Å². The van der Waals surface area contributed by atoms with Gasteiger partial charge >= 0.3 is 5.97 Å². The van der Waals surface area contributed by atoms with Gasteiger partial charge in [0.25, 0.3) is 5.91 Å². The van der Waals surface area contributed by atoms with Gasteiger partial charge in [0.05, 0.1) is 36.6 Å². The fourth-order valence-electron chi connectivity index (χ4n) is 7.68. The molecule has 0 aromatic heterocycles. The summed E-state index contributed by atoms with van der Waals surface area (Å²) in [6.45, 7) is 11.1. The normalized spacial score (nSPS) is 26.9. The Morgan fingerprint density at radius 2 is 1.88 bits per heavy atom. The lowest BCUT2D eigenvalue weighted by Gasteiger charge is -2.41. The van der Waals surface area contributed by atoms with Crippen LogP contribution in [0.2, 0.25) is 5.02 Å². The lowest BCUT2D eigenvalue weighted by molar-refractivity contribution is -0.147. The quantitative estimate of drug-likeness (QED) is 0.134. The van der Waals surface area contributed by atoms with Crippen LogP contribution >= 0.6 is 27.5 Å². The monoisotopic (exact) mass is 769 g/mol. The van der Waals surface area contributed by atoms with E-state index in [9.17, 15) is 24.3 Å². The lowest BCUT2D eigenvalue weighted by atomic mass is 9.70. The summed E-state index contributed by atoms with van der Waals surface area (Å²) in [6, 6.07) is 13.4. The molecule has 3 amide bonds. The molecule has 0 saturated carbocycles. The van der Waals surface area contributed by atoms with Crippen molar-refractivity contribution in [3.8, 4) is 0 Å². The number of esters is 1. The number of allylic oxidation sites excluding steroid dienone is 1. The van der Waals surface area contributed by atoms with Crippen LogP contribution in [0.15, 0.2) is 79.9 Å². The number of aliphatic hydroxyl groups is 1. The molecule has 3 aliphatic rings. The summed E-state index contributed by atoms with van der Waals surface area (Å²) in [5.74, 6) is -3.82. The molecule has 5 rings (SSSR count). The zero-order valence-corrected chi connectivity index (χ0v) is 30.7. The van der Waals surface area contributed by atoms with Gasteiger partial charge in [-0.1, -0.05) is 90.3 Å². The highest BCUT2D eigenvalue weighted by molar-refractivity contribution is 9.09. The number of alkyl halides is 1. The molecule has 3 heterocycles. The van der Waals surface area contributed by atoms with Gasteiger partial charge in [0.15, 0.2) is 0 Å². The average Bonchev–Trinajstić information content (AvgIpc) is 3.72. The fourth-order valence-corrected chi connectivity index (χ4v) is 8.75. The number of benzene rings is 2. The maximum atomic E-state index is 14.9. The predicted octanol–water partition coefficient (Wildman–Crippen LogP) is 5.38. The molecule has 12 heteroatoms. The van der Waals surface area contributed by atoms with E-state index in [1.165, 1.54) is 9.80 Å². The van der Waals surface area contributed by atoms with Crippen molar-refractivity contribution in [3.05, 3.63) is 90.5 Å². The van der Waals surface area contributed by atoms with Crippen LogP contribution in [0.1, 0.15) is 51.1 Å². The van der Waals surface area contributed by atoms with Crippen LogP contribution in [-0.4, -0.2) is 82.1 Å². The Bertz CT molecular complexity index is 1580. The maximum absolute atomic E-state index is 14.9. The molecule has 3 aliphatic heterocycles. The molecule has 2 N–H and O–H groups in total. The second-order valence-corrected chi connectivity index (χ2v) is 14.9. The number of carbonyl (C=O) groups is 4. The third kappa shape index (κ3) is 7.15. The van der Waals surface area contributed by atoms with Gasteiger partial charge in [-0.2, -0.15) is 0 Å². The van der Waals surface area contributed by atoms with Crippen molar-refractivity contribution in [1.29, 1.82) is 0 Å². The highest BCUT2D eigenvalue weighted by Crippen LogP contribution is 2.61. The second kappa shape index (κ2) is 16.2. The van der Waals surface area contributed by atoms with Crippen LogP contribution in [0.25, 0.3) is 0 Å². The Kier molecular flexibility index (Phi) is 12.2. The Hall–Kier alpha value is -3.51. The minimum atomic E-state index is -1.36. The molecule has 2 aromatic carbocycles. The van der Waals surface area contributed by atoms with E-state index in [0.717, 1.165) is 5.56 Å². The molecule has 10 nitrogen and oxygen atoms in total. The van der Waals surface area contributed by atoms with Gasteiger partial charge in [0, 0.05) is 28.5 Å². The number of nitrogens with zero attached hydrogens (tertiary/aromatic N) is 2. The Morgan fingerprint density at radius 3 is 2.50 bits per heavy atom. The predicted molar refractivity (Wildman–Crippen MR) is 195 cm³/mol. The van der Waals surface area contributed by atoms with Crippen molar-refractivity contribution in [2.75, 3.05) is 24.7 Å². The number of hydrogen-bond donors (Lipinski definition) is 2. The highest BCUT2D eigenvalue weighted by atomic mass is 79.9. The van der Waals surface area contributed by atoms with Gasteiger partial charge in [-0.15, -0.1) is 13.2 Å². The van der Waals surface area contributed by atoms with E-state index >= 15 is 0 Å². The van der Waals surface area contributed by atoms with Crippen molar-refractivity contribution in [2.24, 2.45) is 17.8 Å². The molecule has 9 atom stereocenters. The van der Waals surface area contributed by atoms with Gasteiger partial charge < -0.3 is 29.7 Å². The summed E-state index contributed by atoms with van der Waals surface area (Å²) < 4.78 is 12.3. The van der Waals surface area contributed by atoms with Crippen LogP contribution < -0.4 is 10.2 Å². The Morgan fingerprint density at radius 1 is 1.18 bits per heavy atom. The van der Waals surface area contributed by atoms with Crippen molar-refractivity contribution in [1.82, 2.24) is 10.2 Å². The van der Waals surface area contributed by atoms with Gasteiger partial charge in [-0.05, 0) is 48.6 Å². The van der Waals surface area contributed by atoms with E-state index in [-0.39, 0.29) is 36.9 Å². The van der Waals surface area contributed by atoms with Crippen molar-refractivity contribution in [2.45, 2.75) is 74.2 Å². The molecular weight excluding hydrogens is 726 g/mol. The topological polar surface area (TPSA) is 125 Å². The smallest absolute Gasteiger partial charge is 0.306 e. The van der Waals surface area contributed by atoms with Crippen LogP contribution in [0.3, 0.4) is 0 Å². The Labute approximate surface area is 306 Å². The molecule has 1 spiro atoms. The molecule has 1 unspecified atom stereocenters. The van der Waals surface area contributed by atoms with Crippen molar-refractivity contribution in [3.63, 3.8) is 0 Å². The molecular formula is C38H45BrClN3O7. The molecule has 2 aromatic rings. The third-order valence-corrected chi connectivity index (χ3v) is 11.4. The molecule has 50 heavy (non-hydrogen) atoms. The van der Waals surface area contributed by atoms with Gasteiger partial charge in [-0.25, -0.2) is 0 Å². The first-order chi connectivity index (χ1) is 24.0. The van der Waals surface area contributed by atoms with E-state index in [0.29, 0.717) is 30.0 Å². The molecule has 3 saturated heterocycles. The summed E-state index contributed by atoms with van der Waals surface area (Å²) in [7, 11) is 0. The average molecular weight is 771 g/mol. The van der Waals surface area contributed by atoms with Gasteiger partial charge in [-0.3, -0.25) is 19.2 Å². The molecule has 3 fully saturated rings. The minimum Gasteiger partial charge on any atom is -0.463 e. The molecule has 0 aliphatic carbocycles. The number of halogens is 2. The number of hydrogen-bond acceptors (Lipinski definition) is 7. The first-order valence-electron chi connectivity index (χ1n) is 17.1. The first kappa shape index (κ1) is 37.7. The number of anilines is 1. The SMILES string of the molecule is C=CCCC(=O)OC[C@@H](NC(=O)[C@H]1[C@@H]2O[C@@]3(CC2Br)[C@@H]1C(=O)N([C@@H](CO)[C@@H](C)CC)[C@@H]3C(=O)N(CC=C)c1ccc(Cl)cc1)c1ccccc1. The van der Waals surface area contributed by atoms with E-state index in [1.54, 1.807) is 36.4 Å². The summed E-state index contributed by atoms with van der Waals surface area (Å²) in [6.07, 6.45) is 4.08. The number of rotatable bonds is 16. The Balaban J connectivity index is 1.53. The number of nitrogens with one attached hydrogen (secondary N) is 1. The van der Waals surface area contributed by atoms with E-state index in [4.69, 9.17) is 21.1 Å². The number of ether oxygens (including phenoxy) is 2. The maximum Gasteiger partial charge on any atom is 0.306 e. The zero-order chi connectivity index (χ0) is 36.2. The van der Waals surface area contributed by atoms with Crippen LogP contribution in [0, 0.1) is 17.8 Å². The minimum absolute atomic E-state index is 0.114.